The van der Waals surface area contributed by atoms with Crippen LogP contribution in [0.25, 0.3) is 0 Å². The quantitative estimate of drug-likeness (QED) is 0.445. The third-order valence-electron chi connectivity index (χ3n) is 4.19. The van der Waals surface area contributed by atoms with Crippen LogP contribution in [0.1, 0.15) is 15.9 Å². The second-order valence-electron chi connectivity index (χ2n) is 6.14. The van der Waals surface area contributed by atoms with Crippen LogP contribution >= 0.6 is 0 Å². The van der Waals surface area contributed by atoms with Crippen LogP contribution in [0, 0.1) is 0 Å². The number of ether oxygens (including phenoxy) is 2. The van der Waals surface area contributed by atoms with Crippen LogP contribution in [-0.2, 0) is 9.53 Å². The Morgan fingerprint density at radius 2 is 1.86 bits per heavy atom. The Kier molecular flexibility index (Phi) is 6.59. The van der Waals surface area contributed by atoms with Crippen molar-refractivity contribution in [1.82, 2.24) is 10.3 Å². The van der Waals surface area contributed by atoms with Gasteiger partial charge in [0.15, 0.2) is 6.61 Å². The van der Waals surface area contributed by atoms with Gasteiger partial charge in [-0.1, -0.05) is 12.1 Å². The van der Waals surface area contributed by atoms with Gasteiger partial charge in [-0.25, -0.2) is 5.43 Å². The number of hydrogen-bond acceptors (Lipinski definition) is 6. The number of carbonyl (C=O) groups excluding carboxylic acids is 2. The smallest absolute Gasteiger partial charge is 0.273 e. The van der Waals surface area contributed by atoms with Gasteiger partial charge in [-0.05, 0) is 42.0 Å². The molecule has 1 fully saturated rings. The van der Waals surface area contributed by atoms with Crippen molar-refractivity contribution in [3.05, 3.63) is 59.7 Å². The molecule has 0 unspecified atom stereocenters. The van der Waals surface area contributed by atoms with Gasteiger partial charge in [0.05, 0.1) is 25.0 Å². The molecular weight excluding hydrogens is 360 g/mol. The van der Waals surface area contributed by atoms with Gasteiger partial charge in [0, 0.05) is 18.8 Å². The first-order valence-electron chi connectivity index (χ1n) is 8.90. The van der Waals surface area contributed by atoms with Crippen LogP contribution in [0.15, 0.2) is 53.6 Å². The van der Waals surface area contributed by atoms with Crippen LogP contribution in [-0.4, -0.2) is 55.8 Å². The van der Waals surface area contributed by atoms with E-state index in [1.165, 1.54) is 6.21 Å². The highest BCUT2D eigenvalue weighted by atomic mass is 16.5. The Bertz CT molecular complexity index is 846. The molecule has 28 heavy (non-hydrogen) atoms. The molecule has 2 aromatic carbocycles. The molecule has 0 spiro atoms. The van der Waals surface area contributed by atoms with E-state index in [1.54, 1.807) is 53.4 Å². The summed E-state index contributed by atoms with van der Waals surface area (Å²) in [4.78, 5) is 25.8. The first-order chi connectivity index (χ1) is 13.6. The maximum absolute atomic E-state index is 12.1. The number of carbonyl (C=O) groups is 2. The van der Waals surface area contributed by atoms with Gasteiger partial charge < -0.3 is 20.1 Å². The summed E-state index contributed by atoms with van der Waals surface area (Å²) in [6, 6.07) is 13.8. The maximum Gasteiger partial charge on any atom is 0.273 e. The molecule has 0 saturated carbocycles. The molecule has 0 atom stereocenters. The summed E-state index contributed by atoms with van der Waals surface area (Å²) in [7, 11) is 0. The topological polar surface area (TPSA) is 106 Å². The highest BCUT2D eigenvalue weighted by Crippen LogP contribution is 2.12. The van der Waals surface area contributed by atoms with Crippen molar-refractivity contribution in [2.45, 2.75) is 0 Å². The molecule has 2 amide bonds. The average molecular weight is 382 g/mol. The molecule has 0 aromatic heterocycles. The van der Waals surface area contributed by atoms with Gasteiger partial charge in [0.25, 0.3) is 11.8 Å². The van der Waals surface area contributed by atoms with Crippen molar-refractivity contribution in [2.24, 2.45) is 5.10 Å². The highest BCUT2D eigenvalue weighted by molar-refractivity contribution is 5.99. The number of morpholine rings is 1. The number of benzene rings is 2. The van der Waals surface area contributed by atoms with Crippen molar-refractivity contribution in [3.8, 4) is 5.75 Å². The summed E-state index contributed by atoms with van der Waals surface area (Å²) in [6.45, 7) is 2.30. The van der Waals surface area contributed by atoms with Gasteiger partial charge in [-0.3, -0.25) is 9.59 Å². The summed E-state index contributed by atoms with van der Waals surface area (Å²) < 4.78 is 10.8. The van der Waals surface area contributed by atoms with Crippen molar-refractivity contribution in [1.29, 1.82) is 0 Å². The lowest BCUT2D eigenvalue weighted by Gasteiger charge is -2.26. The van der Waals surface area contributed by atoms with E-state index in [0.717, 1.165) is 5.56 Å². The lowest BCUT2D eigenvalue weighted by atomic mass is 10.2. The summed E-state index contributed by atoms with van der Waals surface area (Å²) >= 11 is 0. The molecule has 1 aliphatic rings. The molecule has 8 nitrogen and oxygen atoms in total. The zero-order chi connectivity index (χ0) is 19.8. The SMILES string of the molecule is Nc1ccccc1C(=O)N/N=C/c1ccc(OCC(=O)N2CCOCC2)cc1. The zero-order valence-corrected chi connectivity index (χ0v) is 15.3. The fraction of sp³-hybridized carbons (Fsp3) is 0.250. The molecule has 1 aliphatic heterocycles. The van der Waals surface area contributed by atoms with E-state index >= 15 is 0 Å². The molecular formula is C20H22N4O4. The molecule has 3 rings (SSSR count). The Morgan fingerprint density at radius 3 is 2.57 bits per heavy atom. The van der Waals surface area contributed by atoms with Gasteiger partial charge in [0.1, 0.15) is 5.75 Å². The Morgan fingerprint density at radius 1 is 1.14 bits per heavy atom. The largest absolute Gasteiger partial charge is 0.484 e. The highest BCUT2D eigenvalue weighted by Gasteiger charge is 2.17. The van der Waals surface area contributed by atoms with E-state index in [2.05, 4.69) is 10.5 Å². The summed E-state index contributed by atoms with van der Waals surface area (Å²) in [5.74, 6) is 0.146. The number of nitrogen functional groups attached to an aromatic ring is 1. The second-order valence-corrected chi connectivity index (χ2v) is 6.14. The molecule has 0 radical (unpaired) electrons. The Labute approximate surface area is 162 Å². The van der Waals surface area contributed by atoms with Crippen LogP contribution in [0.3, 0.4) is 0 Å². The number of hydrazone groups is 1. The molecule has 8 heteroatoms. The molecule has 0 bridgehead atoms. The predicted molar refractivity (Wildman–Crippen MR) is 105 cm³/mol. The molecule has 1 saturated heterocycles. The van der Waals surface area contributed by atoms with Crippen LogP contribution in [0.2, 0.25) is 0 Å². The first kappa shape index (κ1) is 19.4. The third-order valence-corrected chi connectivity index (χ3v) is 4.19. The minimum absolute atomic E-state index is 0.0119. The fourth-order valence-electron chi connectivity index (χ4n) is 2.63. The van der Waals surface area contributed by atoms with E-state index in [0.29, 0.717) is 43.3 Å². The van der Waals surface area contributed by atoms with Crippen LogP contribution in [0.4, 0.5) is 5.69 Å². The zero-order valence-electron chi connectivity index (χ0n) is 15.3. The van der Waals surface area contributed by atoms with Crippen molar-refractivity contribution in [3.63, 3.8) is 0 Å². The second kappa shape index (κ2) is 9.52. The lowest BCUT2D eigenvalue weighted by molar-refractivity contribution is -0.137. The van der Waals surface area contributed by atoms with E-state index in [9.17, 15) is 9.59 Å². The lowest BCUT2D eigenvalue weighted by Crippen LogP contribution is -2.42. The number of nitrogens with zero attached hydrogens (tertiary/aromatic N) is 2. The summed E-state index contributed by atoms with van der Waals surface area (Å²) in [6.07, 6.45) is 1.51. The third kappa shape index (κ3) is 5.31. The number of amides is 2. The molecule has 3 N–H and O–H groups in total. The molecule has 2 aromatic rings. The van der Waals surface area contributed by atoms with Crippen LogP contribution in [0.5, 0.6) is 5.75 Å². The van der Waals surface area contributed by atoms with Crippen LogP contribution < -0.4 is 15.9 Å². The van der Waals surface area contributed by atoms with Crippen molar-refractivity contribution < 1.29 is 19.1 Å². The summed E-state index contributed by atoms with van der Waals surface area (Å²) in [5, 5.41) is 3.93. The number of hydrogen-bond donors (Lipinski definition) is 2. The van der Waals surface area contributed by atoms with E-state index in [1.807, 2.05) is 0 Å². The Balaban J connectivity index is 1.47. The van der Waals surface area contributed by atoms with Crippen molar-refractivity contribution >= 4 is 23.7 Å². The number of nitrogens with two attached hydrogens (primary N) is 1. The van der Waals surface area contributed by atoms with Gasteiger partial charge in [0.2, 0.25) is 0 Å². The molecule has 1 heterocycles. The van der Waals surface area contributed by atoms with E-state index in [4.69, 9.17) is 15.2 Å². The fourth-order valence-corrected chi connectivity index (χ4v) is 2.63. The maximum atomic E-state index is 12.1. The predicted octanol–water partition coefficient (Wildman–Crippen LogP) is 1.27. The van der Waals surface area contributed by atoms with E-state index in [-0.39, 0.29) is 18.4 Å². The number of para-hydroxylation sites is 1. The molecule has 0 aliphatic carbocycles. The van der Waals surface area contributed by atoms with Gasteiger partial charge in [-0.2, -0.15) is 5.10 Å². The standard InChI is InChI=1S/C20H22N4O4/c21-18-4-2-1-3-17(18)20(26)23-22-13-15-5-7-16(8-6-15)28-14-19(25)24-9-11-27-12-10-24/h1-8,13H,9-12,14,21H2,(H,23,26)/b22-13+. The average Bonchev–Trinajstić information content (AvgIpc) is 2.74. The Hall–Kier alpha value is -3.39. The molecule has 146 valence electrons. The minimum atomic E-state index is -0.379. The van der Waals surface area contributed by atoms with Gasteiger partial charge >= 0.3 is 0 Å². The minimum Gasteiger partial charge on any atom is -0.484 e. The van der Waals surface area contributed by atoms with E-state index < -0.39 is 0 Å². The number of rotatable bonds is 6. The summed E-state index contributed by atoms with van der Waals surface area (Å²) in [5.41, 5.74) is 9.73. The number of nitrogens with one attached hydrogen (secondary N) is 1. The first-order valence-corrected chi connectivity index (χ1v) is 8.90. The van der Waals surface area contributed by atoms with Gasteiger partial charge in [-0.15, -0.1) is 0 Å². The number of anilines is 1. The monoisotopic (exact) mass is 382 g/mol. The van der Waals surface area contributed by atoms with Crippen molar-refractivity contribution in [2.75, 3.05) is 38.6 Å². The normalized spacial score (nSPS) is 14.1.